The minimum Gasteiger partial charge on any atom is -0.381 e. The van der Waals surface area contributed by atoms with Crippen LogP contribution in [0.3, 0.4) is 0 Å². The normalized spacial score (nSPS) is 18.8. The Morgan fingerprint density at radius 3 is 2.84 bits per heavy atom. The van der Waals surface area contributed by atoms with Gasteiger partial charge in [0.2, 0.25) is 5.89 Å². The van der Waals surface area contributed by atoms with E-state index in [0.29, 0.717) is 5.92 Å². The van der Waals surface area contributed by atoms with Crippen molar-refractivity contribution in [1.82, 2.24) is 10.1 Å². The number of hydrogen-bond donors (Lipinski definition) is 0. The van der Waals surface area contributed by atoms with Crippen molar-refractivity contribution in [2.45, 2.75) is 31.6 Å². The highest BCUT2D eigenvalue weighted by atomic mass is 16.5. The highest BCUT2D eigenvalue weighted by molar-refractivity contribution is 5.14. The van der Waals surface area contributed by atoms with Crippen molar-refractivity contribution >= 4 is 0 Å². The Morgan fingerprint density at radius 1 is 1.16 bits per heavy atom. The fourth-order valence-corrected chi connectivity index (χ4v) is 2.36. The third kappa shape index (κ3) is 3.20. The van der Waals surface area contributed by atoms with Crippen molar-refractivity contribution in [1.29, 1.82) is 0 Å². The molecule has 0 N–H and O–H groups in total. The maximum atomic E-state index is 5.34. The van der Waals surface area contributed by atoms with Crippen molar-refractivity contribution in [3.05, 3.63) is 47.6 Å². The Bertz CT molecular complexity index is 504. The number of aryl methyl sites for hydroxylation is 2. The monoisotopic (exact) mass is 258 g/mol. The van der Waals surface area contributed by atoms with Gasteiger partial charge in [-0.15, -0.1) is 0 Å². The van der Waals surface area contributed by atoms with E-state index in [9.17, 15) is 0 Å². The Kier molecular flexibility index (Phi) is 3.89. The molecule has 4 nitrogen and oxygen atoms in total. The number of nitrogens with zero attached hydrogens (tertiary/aromatic N) is 2. The molecule has 1 aliphatic rings. The molecule has 1 aromatic carbocycles. The van der Waals surface area contributed by atoms with Gasteiger partial charge in [0.1, 0.15) is 0 Å². The zero-order chi connectivity index (χ0) is 12.9. The molecule has 1 aromatic heterocycles. The van der Waals surface area contributed by atoms with Gasteiger partial charge >= 0.3 is 0 Å². The van der Waals surface area contributed by atoms with E-state index < -0.39 is 0 Å². The number of ether oxygens (including phenoxy) is 1. The Labute approximate surface area is 112 Å². The van der Waals surface area contributed by atoms with Crippen LogP contribution in [0.1, 0.15) is 36.0 Å². The van der Waals surface area contributed by atoms with E-state index in [2.05, 4.69) is 34.4 Å². The molecule has 1 fully saturated rings. The zero-order valence-corrected chi connectivity index (χ0v) is 10.9. The van der Waals surface area contributed by atoms with Crippen LogP contribution >= 0.6 is 0 Å². The lowest BCUT2D eigenvalue weighted by molar-refractivity contribution is 0.192. The predicted octanol–water partition coefficient (Wildman–Crippen LogP) is 2.75. The molecule has 0 unspecified atom stereocenters. The third-order valence-corrected chi connectivity index (χ3v) is 3.48. The summed E-state index contributed by atoms with van der Waals surface area (Å²) in [6.45, 7) is 1.53. The van der Waals surface area contributed by atoms with Crippen LogP contribution in [0.25, 0.3) is 0 Å². The van der Waals surface area contributed by atoms with Crippen molar-refractivity contribution < 1.29 is 9.26 Å². The second-order valence-corrected chi connectivity index (χ2v) is 4.95. The van der Waals surface area contributed by atoms with Gasteiger partial charge in [-0.1, -0.05) is 35.5 Å². The fourth-order valence-electron chi connectivity index (χ4n) is 2.36. The van der Waals surface area contributed by atoms with Crippen molar-refractivity contribution in [3.63, 3.8) is 0 Å². The van der Waals surface area contributed by atoms with Crippen LogP contribution in [0.15, 0.2) is 34.9 Å². The van der Waals surface area contributed by atoms with Crippen LogP contribution in [-0.2, 0) is 17.6 Å². The minimum atomic E-state index is 0.326. The summed E-state index contributed by atoms with van der Waals surface area (Å²) < 4.78 is 10.6. The van der Waals surface area contributed by atoms with Crippen LogP contribution in [0.2, 0.25) is 0 Å². The van der Waals surface area contributed by atoms with E-state index in [-0.39, 0.29) is 0 Å². The summed E-state index contributed by atoms with van der Waals surface area (Å²) in [5.74, 6) is 1.89. The predicted molar refractivity (Wildman–Crippen MR) is 70.9 cm³/mol. The van der Waals surface area contributed by atoms with E-state index in [1.165, 1.54) is 5.56 Å². The Balaban J connectivity index is 1.50. The smallest absolute Gasteiger partial charge is 0.226 e. The lowest BCUT2D eigenvalue weighted by atomic mass is 10.1. The molecule has 19 heavy (non-hydrogen) atoms. The van der Waals surface area contributed by atoms with Crippen molar-refractivity contribution in [2.75, 3.05) is 13.2 Å². The molecule has 0 saturated carbocycles. The molecular weight excluding hydrogens is 240 g/mol. The average Bonchev–Trinajstić information content (AvgIpc) is 3.10. The molecule has 0 radical (unpaired) electrons. The Morgan fingerprint density at radius 2 is 2.05 bits per heavy atom. The number of rotatable bonds is 5. The molecule has 100 valence electrons. The first-order chi connectivity index (χ1) is 9.42. The lowest BCUT2D eigenvalue weighted by Crippen LogP contribution is -2.00. The van der Waals surface area contributed by atoms with Gasteiger partial charge in [-0.3, -0.25) is 0 Å². The summed E-state index contributed by atoms with van der Waals surface area (Å²) >= 11 is 0. The molecule has 1 saturated heterocycles. The molecule has 3 rings (SSSR count). The standard InChI is InChI=1S/C15H18N2O2/c1-2-5-12(6-3-1)7-4-8-14-16-15(17-19-14)13-9-10-18-11-13/h1-3,5-6,13H,4,7-11H2/t13-/m0/s1. The van der Waals surface area contributed by atoms with Crippen LogP contribution in [-0.4, -0.2) is 23.4 Å². The van der Waals surface area contributed by atoms with Crippen LogP contribution < -0.4 is 0 Å². The summed E-state index contributed by atoms with van der Waals surface area (Å²) in [4.78, 5) is 4.47. The highest BCUT2D eigenvalue weighted by Gasteiger charge is 2.22. The first kappa shape index (κ1) is 12.4. The maximum Gasteiger partial charge on any atom is 0.226 e. The van der Waals surface area contributed by atoms with E-state index in [1.54, 1.807) is 0 Å². The molecule has 2 aromatic rings. The average molecular weight is 258 g/mol. The molecule has 0 spiro atoms. The van der Waals surface area contributed by atoms with E-state index in [0.717, 1.165) is 50.6 Å². The maximum absolute atomic E-state index is 5.34. The van der Waals surface area contributed by atoms with E-state index >= 15 is 0 Å². The molecule has 0 bridgehead atoms. The van der Waals surface area contributed by atoms with Gasteiger partial charge in [0.05, 0.1) is 6.61 Å². The van der Waals surface area contributed by atoms with Crippen LogP contribution in [0.5, 0.6) is 0 Å². The molecular formula is C15H18N2O2. The summed E-state index contributed by atoms with van der Waals surface area (Å²) in [5, 5.41) is 4.06. The number of hydrogen-bond acceptors (Lipinski definition) is 4. The quantitative estimate of drug-likeness (QED) is 0.827. The SMILES string of the molecule is c1ccc(CCCc2nc([C@H]3CCOC3)no2)cc1. The topological polar surface area (TPSA) is 48.2 Å². The van der Waals surface area contributed by atoms with Gasteiger partial charge in [-0.2, -0.15) is 4.98 Å². The number of benzene rings is 1. The summed E-state index contributed by atoms with van der Waals surface area (Å²) in [5.41, 5.74) is 1.35. The van der Waals surface area contributed by atoms with Crippen LogP contribution in [0, 0.1) is 0 Å². The molecule has 2 heterocycles. The zero-order valence-electron chi connectivity index (χ0n) is 10.9. The summed E-state index contributed by atoms with van der Waals surface area (Å²) in [6.07, 6.45) is 3.93. The Hall–Kier alpha value is -1.68. The molecule has 0 amide bonds. The second kappa shape index (κ2) is 5.97. The van der Waals surface area contributed by atoms with Crippen molar-refractivity contribution in [3.8, 4) is 0 Å². The lowest BCUT2D eigenvalue weighted by Gasteiger charge is -1.99. The second-order valence-electron chi connectivity index (χ2n) is 4.95. The largest absolute Gasteiger partial charge is 0.381 e. The first-order valence-electron chi connectivity index (χ1n) is 6.86. The molecule has 1 aliphatic heterocycles. The fraction of sp³-hybridized carbons (Fsp3) is 0.467. The molecule has 1 atom stereocenters. The third-order valence-electron chi connectivity index (χ3n) is 3.48. The van der Waals surface area contributed by atoms with Gasteiger partial charge < -0.3 is 9.26 Å². The van der Waals surface area contributed by atoms with Gasteiger partial charge in [-0.25, -0.2) is 0 Å². The van der Waals surface area contributed by atoms with Gasteiger partial charge in [0.25, 0.3) is 0 Å². The van der Waals surface area contributed by atoms with E-state index in [1.807, 2.05) is 6.07 Å². The molecule has 0 aliphatic carbocycles. The van der Waals surface area contributed by atoms with E-state index in [4.69, 9.17) is 9.26 Å². The summed E-state index contributed by atoms with van der Waals surface area (Å²) in [6, 6.07) is 10.5. The van der Waals surface area contributed by atoms with Crippen LogP contribution in [0.4, 0.5) is 0 Å². The summed E-state index contributed by atoms with van der Waals surface area (Å²) in [7, 11) is 0. The highest BCUT2D eigenvalue weighted by Crippen LogP contribution is 2.22. The van der Waals surface area contributed by atoms with Crippen molar-refractivity contribution in [2.24, 2.45) is 0 Å². The molecule has 4 heteroatoms. The number of aromatic nitrogens is 2. The minimum absolute atomic E-state index is 0.326. The first-order valence-corrected chi connectivity index (χ1v) is 6.86. The van der Waals surface area contributed by atoms with Gasteiger partial charge in [0, 0.05) is 18.9 Å². The van der Waals surface area contributed by atoms with Gasteiger partial charge in [-0.05, 0) is 24.8 Å². The van der Waals surface area contributed by atoms with Gasteiger partial charge in [0.15, 0.2) is 5.82 Å².